The van der Waals surface area contributed by atoms with Crippen molar-refractivity contribution in [3.63, 3.8) is 0 Å². The maximum Gasteiger partial charge on any atom is 0.0711 e. The van der Waals surface area contributed by atoms with Gasteiger partial charge in [-0.1, -0.05) is 183 Å². The molecule has 266 valence electrons. The van der Waals surface area contributed by atoms with Crippen LogP contribution in [0.3, 0.4) is 0 Å². The number of thiophene rings is 1. The summed E-state index contributed by atoms with van der Waals surface area (Å²) in [4.78, 5) is 0. The van der Waals surface area contributed by atoms with Crippen molar-refractivity contribution >= 4 is 63.8 Å². The highest BCUT2D eigenvalue weighted by Gasteiger charge is 2.48. The van der Waals surface area contributed by atoms with E-state index in [1.54, 1.807) is 0 Å². The lowest BCUT2D eigenvalue weighted by atomic mass is 9.65. The second-order valence-electron chi connectivity index (χ2n) is 15.6. The molecule has 9 aromatic carbocycles. The second kappa shape index (κ2) is 12.4. The standard InChI is InChI=1S/C56H36S/c1-35-15-3-2-4-17-37-18-7-13-25-48(37)56(35)49-32-31-46-41-20-12-14-26-51(41)57-55(46)54(49)47-30-29-40(34-50(47)56)53-44-23-10-8-21-42(44)52(43-22-9-11-24-45(43)53)39-28-27-36-16-5-6-19-38(36)33-39/h2-16,18-34H,1,17H2/b4-2-,15-3-. The van der Waals surface area contributed by atoms with Crippen molar-refractivity contribution in [2.75, 3.05) is 0 Å². The highest BCUT2D eigenvalue weighted by atomic mass is 32.1. The van der Waals surface area contributed by atoms with Gasteiger partial charge in [-0.15, -0.1) is 11.3 Å². The zero-order chi connectivity index (χ0) is 37.7. The van der Waals surface area contributed by atoms with E-state index < -0.39 is 5.41 Å². The Kier molecular flexibility index (Phi) is 7.03. The molecule has 1 unspecified atom stereocenters. The van der Waals surface area contributed by atoms with Crippen molar-refractivity contribution in [3.05, 3.63) is 229 Å². The molecule has 0 amide bonds. The minimum Gasteiger partial charge on any atom is -0.135 e. The van der Waals surface area contributed by atoms with E-state index in [0.29, 0.717) is 0 Å². The van der Waals surface area contributed by atoms with Gasteiger partial charge in [0.15, 0.2) is 0 Å². The van der Waals surface area contributed by atoms with Crippen LogP contribution in [-0.2, 0) is 11.8 Å². The van der Waals surface area contributed by atoms with Crippen LogP contribution in [0, 0.1) is 0 Å². The van der Waals surface area contributed by atoms with Gasteiger partial charge >= 0.3 is 0 Å². The quantitative estimate of drug-likeness (QED) is 0.155. The van der Waals surface area contributed by atoms with E-state index >= 15 is 0 Å². The Morgan fingerprint density at radius 2 is 1.09 bits per heavy atom. The summed E-state index contributed by atoms with van der Waals surface area (Å²) in [5, 5.41) is 10.2. The fourth-order valence-corrected chi connectivity index (χ4v) is 11.5. The molecule has 0 fully saturated rings. The van der Waals surface area contributed by atoms with Crippen LogP contribution in [0.5, 0.6) is 0 Å². The molecule has 1 atom stereocenters. The number of hydrogen-bond donors (Lipinski definition) is 0. The number of benzene rings is 9. The summed E-state index contributed by atoms with van der Waals surface area (Å²) in [6, 6.07) is 63.7. The van der Waals surface area contributed by atoms with Gasteiger partial charge in [-0.3, -0.25) is 0 Å². The molecular formula is C56H36S. The van der Waals surface area contributed by atoms with Crippen LogP contribution in [0.2, 0.25) is 0 Å². The van der Waals surface area contributed by atoms with Crippen molar-refractivity contribution in [1.82, 2.24) is 0 Å². The van der Waals surface area contributed by atoms with E-state index in [1.807, 2.05) is 11.3 Å². The molecule has 2 aliphatic rings. The lowest BCUT2D eigenvalue weighted by molar-refractivity contribution is 0.761. The van der Waals surface area contributed by atoms with E-state index in [1.165, 1.54) is 108 Å². The number of hydrogen-bond acceptors (Lipinski definition) is 1. The predicted molar refractivity (Wildman–Crippen MR) is 246 cm³/mol. The first-order chi connectivity index (χ1) is 28.2. The van der Waals surface area contributed by atoms with E-state index in [9.17, 15) is 0 Å². The fourth-order valence-electron chi connectivity index (χ4n) is 10.3. The SMILES string of the molecule is C=C1/C=C\C=C/Cc2ccccc2C12c1cc(-c3c4ccccc4c(-c4ccc5ccccc5c4)c4ccccc34)ccc1-c1c2ccc2c1sc1ccccc12. The lowest BCUT2D eigenvalue weighted by Gasteiger charge is -2.36. The van der Waals surface area contributed by atoms with Gasteiger partial charge < -0.3 is 0 Å². The van der Waals surface area contributed by atoms with E-state index in [2.05, 4.69) is 194 Å². The van der Waals surface area contributed by atoms with Gasteiger partial charge in [-0.05, 0) is 113 Å². The molecule has 0 saturated carbocycles. The number of rotatable bonds is 2. The van der Waals surface area contributed by atoms with Crippen LogP contribution in [0.1, 0.15) is 22.3 Å². The summed E-state index contributed by atoms with van der Waals surface area (Å²) in [7, 11) is 0. The lowest BCUT2D eigenvalue weighted by Crippen LogP contribution is -2.30. The van der Waals surface area contributed by atoms with Crippen LogP contribution in [-0.4, -0.2) is 0 Å². The molecule has 0 nitrogen and oxygen atoms in total. The molecule has 1 heterocycles. The van der Waals surface area contributed by atoms with E-state index in [4.69, 9.17) is 6.58 Å². The Morgan fingerprint density at radius 1 is 0.456 bits per heavy atom. The Bertz CT molecular complexity index is 3350. The topological polar surface area (TPSA) is 0 Å². The first kappa shape index (κ1) is 32.4. The third-order valence-corrected chi connectivity index (χ3v) is 13.9. The van der Waals surface area contributed by atoms with Gasteiger partial charge in [0.25, 0.3) is 0 Å². The molecule has 57 heavy (non-hydrogen) atoms. The maximum atomic E-state index is 4.96. The van der Waals surface area contributed by atoms with E-state index in [0.717, 1.165) is 12.0 Å². The van der Waals surface area contributed by atoms with Crippen molar-refractivity contribution in [1.29, 1.82) is 0 Å². The number of allylic oxidation sites excluding steroid dienone is 5. The molecule has 12 rings (SSSR count). The molecular weight excluding hydrogens is 705 g/mol. The zero-order valence-corrected chi connectivity index (χ0v) is 32.1. The Balaban J connectivity index is 1.20. The molecule has 1 heteroatoms. The average Bonchev–Trinajstić information content (AvgIpc) is 3.80. The van der Waals surface area contributed by atoms with Crippen LogP contribution in [0.4, 0.5) is 0 Å². The average molecular weight is 741 g/mol. The molecule has 10 aromatic rings. The third-order valence-electron chi connectivity index (χ3n) is 12.7. The molecule has 0 bridgehead atoms. The van der Waals surface area contributed by atoms with Crippen molar-refractivity contribution in [2.24, 2.45) is 0 Å². The fraction of sp³-hybridized carbons (Fsp3) is 0.0357. The maximum absolute atomic E-state index is 4.96. The summed E-state index contributed by atoms with van der Waals surface area (Å²) < 4.78 is 2.67. The molecule has 2 aliphatic carbocycles. The van der Waals surface area contributed by atoms with Crippen LogP contribution in [0.15, 0.2) is 206 Å². The summed E-state index contributed by atoms with van der Waals surface area (Å²) in [5.74, 6) is 0. The summed E-state index contributed by atoms with van der Waals surface area (Å²) >= 11 is 1.92. The summed E-state index contributed by atoms with van der Waals surface area (Å²) in [6.45, 7) is 4.96. The highest BCUT2D eigenvalue weighted by Crippen LogP contribution is 2.61. The minimum atomic E-state index is -0.583. The third kappa shape index (κ3) is 4.55. The molecule has 0 radical (unpaired) electrons. The molecule has 1 spiro atoms. The molecule has 0 saturated heterocycles. The Labute approximate surface area is 336 Å². The zero-order valence-electron chi connectivity index (χ0n) is 31.3. The second-order valence-corrected chi connectivity index (χ2v) is 16.6. The van der Waals surface area contributed by atoms with Gasteiger partial charge in [0.05, 0.1) is 5.41 Å². The first-order valence-electron chi connectivity index (χ1n) is 19.8. The van der Waals surface area contributed by atoms with Gasteiger partial charge in [-0.2, -0.15) is 0 Å². The van der Waals surface area contributed by atoms with E-state index in [-0.39, 0.29) is 0 Å². The van der Waals surface area contributed by atoms with Gasteiger partial charge in [-0.25, -0.2) is 0 Å². The predicted octanol–water partition coefficient (Wildman–Crippen LogP) is 15.4. The molecule has 1 aromatic heterocycles. The van der Waals surface area contributed by atoms with Crippen LogP contribution >= 0.6 is 11.3 Å². The van der Waals surface area contributed by atoms with Gasteiger partial charge in [0.1, 0.15) is 0 Å². The summed E-state index contributed by atoms with van der Waals surface area (Å²) in [6.07, 6.45) is 9.75. The molecule has 0 aliphatic heterocycles. The van der Waals surface area contributed by atoms with Crippen LogP contribution < -0.4 is 0 Å². The normalized spacial score (nSPS) is 17.1. The smallest absolute Gasteiger partial charge is 0.0711 e. The first-order valence-corrected chi connectivity index (χ1v) is 20.7. The Hall–Kier alpha value is -6.80. The van der Waals surface area contributed by atoms with Gasteiger partial charge in [0, 0.05) is 25.7 Å². The van der Waals surface area contributed by atoms with Crippen molar-refractivity contribution < 1.29 is 0 Å². The minimum absolute atomic E-state index is 0.583. The van der Waals surface area contributed by atoms with Crippen LogP contribution in [0.25, 0.3) is 85.9 Å². The molecule has 0 N–H and O–H groups in total. The largest absolute Gasteiger partial charge is 0.135 e. The number of fused-ring (bicyclic) bond motifs is 14. The monoisotopic (exact) mass is 740 g/mol. The van der Waals surface area contributed by atoms with Gasteiger partial charge in [0.2, 0.25) is 0 Å². The Morgan fingerprint density at radius 3 is 1.86 bits per heavy atom. The highest BCUT2D eigenvalue weighted by molar-refractivity contribution is 7.26. The summed E-state index contributed by atoms with van der Waals surface area (Å²) in [5.41, 5.74) is 13.4. The van der Waals surface area contributed by atoms with Crippen molar-refractivity contribution in [2.45, 2.75) is 11.8 Å². The van der Waals surface area contributed by atoms with Crippen molar-refractivity contribution in [3.8, 4) is 33.4 Å².